The number of nitrogens with one attached hydrogen (secondary N) is 2. The fraction of sp³-hybridized carbons (Fsp3) is 0.429. The third-order valence-electron chi connectivity index (χ3n) is 2.69. The molecule has 0 heterocycles. The first kappa shape index (κ1) is 17.0. The second-order valence-electron chi connectivity index (χ2n) is 4.35. The van der Waals surface area contributed by atoms with Crippen LogP contribution in [0.3, 0.4) is 0 Å². The molecule has 4 nitrogen and oxygen atoms in total. The van der Waals surface area contributed by atoms with E-state index in [4.69, 9.17) is 0 Å². The zero-order chi connectivity index (χ0) is 14.8. The lowest BCUT2D eigenvalue weighted by molar-refractivity contribution is -0.118. The number of hydrogen-bond donors (Lipinski definition) is 3. The lowest BCUT2D eigenvalue weighted by atomic mass is 10.2. The zero-order valence-corrected chi connectivity index (χ0v) is 13.7. The van der Waals surface area contributed by atoms with Crippen molar-refractivity contribution in [3.05, 3.63) is 28.7 Å². The maximum absolute atomic E-state index is 11.7. The molecule has 0 aliphatic rings. The second kappa shape index (κ2) is 9.83. The Morgan fingerprint density at radius 3 is 2.55 bits per heavy atom. The number of rotatable bonds is 8. The maximum Gasteiger partial charge on any atom is 0.229 e. The van der Waals surface area contributed by atoms with E-state index in [0.717, 1.165) is 29.4 Å². The summed E-state index contributed by atoms with van der Waals surface area (Å²) >= 11 is 7.26. The third kappa shape index (κ3) is 6.96. The minimum Gasteiger partial charge on any atom is -0.355 e. The Balaban J connectivity index is 2.12. The van der Waals surface area contributed by atoms with Gasteiger partial charge in [-0.3, -0.25) is 9.59 Å². The second-order valence-corrected chi connectivity index (χ2v) is 5.52. The average molecular weight is 359 g/mol. The van der Waals surface area contributed by atoms with Crippen molar-refractivity contribution in [1.29, 1.82) is 0 Å². The number of benzene rings is 1. The summed E-state index contributed by atoms with van der Waals surface area (Å²) in [4.78, 5) is 22.7. The number of amides is 2. The number of halogens is 1. The van der Waals surface area contributed by atoms with Gasteiger partial charge in [-0.1, -0.05) is 18.6 Å². The van der Waals surface area contributed by atoms with Crippen LogP contribution in [0.15, 0.2) is 28.7 Å². The zero-order valence-electron chi connectivity index (χ0n) is 11.2. The summed E-state index contributed by atoms with van der Waals surface area (Å²) in [5, 5.41) is 5.61. The number of anilines is 1. The van der Waals surface area contributed by atoms with Crippen molar-refractivity contribution in [2.24, 2.45) is 0 Å². The van der Waals surface area contributed by atoms with Gasteiger partial charge in [-0.15, -0.1) is 0 Å². The molecule has 0 bridgehead atoms. The molecule has 2 N–H and O–H groups in total. The van der Waals surface area contributed by atoms with Crippen molar-refractivity contribution in [2.75, 3.05) is 17.6 Å². The Kier molecular flexibility index (Phi) is 8.37. The molecule has 0 unspecified atom stereocenters. The standard InChI is InChI=1S/C14H19BrN2O2S/c15-11-6-3-4-7-12(11)17-13(18)8-2-1-5-9-16-14(19)10-20/h3-4,6-7,20H,1-2,5,8-10H2,(H,16,19)(H,17,18). The lowest BCUT2D eigenvalue weighted by Gasteiger charge is -2.07. The van der Waals surface area contributed by atoms with Gasteiger partial charge in [-0.2, -0.15) is 12.6 Å². The van der Waals surface area contributed by atoms with E-state index in [0.29, 0.717) is 13.0 Å². The normalized spacial score (nSPS) is 10.1. The highest BCUT2D eigenvalue weighted by Gasteiger charge is 2.04. The molecule has 6 heteroatoms. The van der Waals surface area contributed by atoms with Gasteiger partial charge in [0.05, 0.1) is 11.4 Å². The van der Waals surface area contributed by atoms with Crippen molar-refractivity contribution in [3.8, 4) is 0 Å². The van der Waals surface area contributed by atoms with Crippen LogP contribution in [-0.2, 0) is 9.59 Å². The van der Waals surface area contributed by atoms with E-state index in [2.05, 4.69) is 39.2 Å². The molecular weight excluding hydrogens is 340 g/mol. The molecule has 1 rings (SSSR count). The molecular formula is C14H19BrN2O2S. The van der Waals surface area contributed by atoms with Crippen LogP contribution in [0, 0.1) is 0 Å². The summed E-state index contributed by atoms with van der Waals surface area (Å²) in [6.07, 6.45) is 3.09. The first-order valence-electron chi connectivity index (χ1n) is 6.55. The van der Waals surface area contributed by atoms with Crippen LogP contribution < -0.4 is 10.6 Å². The number of thiol groups is 1. The van der Waals surface area contributed by atoms with E-state index < -0.39 is 0 Å². The van der Waals surface area contributed by atoms with Gasteiger partial charge in [0.2, 0.25) is 11.8 Å². The van der Waals surface area contributed by atoms with Crippen LogP contribution in [0.25, 0.3) is 0 Å². The molecule has 0 aliphatic heterocycles. The van der Waals surface area contributed by atoms with Gasteiger partial charge in [0, 0.05) is 17.4 Å². The highest BCUT2D eigenvalue weighted by atomic mass is 79.9. The first-order valence-corrected chi connectivity index (χ1v) is 7.98. The van der Waals surface area contributed by atoms with E-state index in [1.54, 1.807) is 0 Å². The van der Waals surface area contributed by atoms with E-state index in [1.807, 2.05) is 24.3 Å². The van der Waals surface area contributed by atoms with Gasteiger partial charge < -0.3 is 10.6 Å². The molecule has 0 saturated heterocycles. The summed E-state index contributed by atoms with van der Waals surface area (Å²) in [5.74, 6) is 0.172. The van der Waals surface area contributed by atoms with Crippen molar-refractivity contribution in [1.82, 2.24) is 5.32 Å². The summed E-state index contributed by atoms with van der Waals surface area (Å²) in [5.41, 5.74) is 0.790. The molecule has 1 aromatic carbocycles. The van der Waals surface area contributed by atoms with Crippen LogP contribution in [0.5, 0.6) is 0 Å². The molecule has 0 aliphatic carbocycles. The number of carbonyl (C=O) groups excluding carboxylic acids is 2. The largest absolute Gasteiger partial charge is 0.355 e. The predicted molar refractivity (Wildman–Crippen MR) is 88.1 cm³/mol. The van der Waals surface area contributed by atoms with Crippen molar-refractivity contribution >= 4 is 46.1 Å². The number of unbranched alkanes of at least 4 members (excludes halogenated alkanes) is 2. The lowest BCUT2D eigenvalue weighted by Crippen LogP contribution is -2.25. The van der Waals surface area contributed by atoms with Gasteiger partial charge in [0.1, 0.15) is 0 Å². The molecule has 0 fully saturated rings. The molecule has 0 saturated carbocycles. The summed E-state index contributed by atoms with van der Waals surface area (Å²) in [6, 6.07) is 7.53. The van der Waals surface area contributed by atoms with Crippen LogP contribution >= 0.6 is 28.6 Å². The minimum atomic E-state index is -0.0556. The van der Waals surface area contributed by atoms with Crippen molar-refractivity contribution in [2.45, 2.75) is 25.7 Å². The maximum atomic E-state index is 11.7. The molecule has 0 atom stereocenters. The van der Waals surface area contributed by atoms with Crippen molar-refractivity contribution < 1.29 is 9.59 Å². The molecule has 1 aromatic rings. The van der Waals surface area contributed by atoms with Gasteiger partial charge in [0.15, 0.2) is 0 Å². The average Bonchev–Trinajstić information content (AvgIpc) is 2.44. The third-order valence-corrected chi connectivity index (χ3v) is 3.67. The van der Waals surface area contributed by atoms with Crippen molar-refractivity contribution in [3.63, 3.8) is 0 Å². The number of carbonyl (C=O) groups is 2. The fourth-order valence-corrected chi connectivity index (χ4v) is 2.14. The quantitative estimate of drug-likeness (QED) is 0.494. The van der Waals surface area contributed by atoms with Gasteiger partial charge in [-0.25, -0.2) is 0 Å². The van der Waals surface area contributed by atoms with Crippen LogP contribution in [0.1, 0.15) is 25.7 Å². The van der Waals surface area contributed by atoms with E-state index in [1.165, 1.54) is 0 Å². The Hall–Kier alpha value is -1.01. The van der Waals surface area contributed by atoms with Gasteiger partial charge in [0.25, 0.3) is 0 Å². The topological polar surface area (TPSA) is 58.2 Å². The minimum absolute atomic E-state index is 0.0105. The highest BCUT2D eigenvalue weighted by Crippen LogP contribution is 2.21. The van der Waals surface area contributed by atoms with Gasteiger partial charge in [-0.05, 0) is 40.9 Å². The van der Waals surface area contributed by atoms with E-state index >= 15 is 0 Å². The van der Waals surface area contributed by atoms with Gasteiger partial charge >= 0.3 is 0 Å². The highest BCUT2D eigenvalue weighted by molar-refractivity contribution is 9.10. The van der Waals surface area contributed by atoms with E-state index in [-0.39, 0.29) is 17.6 Å². The predicted octanol–water partition coefficient (Wildman–Crippen LogP) is 2.99. The first-order chi connectivity index (χ1) is 9.63. The molecule has 0 aromatic heterocycles. The Bertz CT molecular complexity index is 455. The summed E-state index contributed by atoms with van der Waals surface area (Å²) in [7, 11) is 0. The summed E-state index contributed by atoms with van der Waals surface area (Å²) in [6.45, 7) is 0.644. The Morgan fingerprint density at radius 2 is 1.85 bits per heavy atom. The SMILES string of the molecule is O=C(CS)NCCCCCC(=O)Nc1ccccc1Br. The molecule has 20 heavy (non-hydrogen) atoms. The van der Waals surface area contributed by atoms with Crippen LogP contribution in [0.2, 0.25) is 0 Å². The summed E-state index contributed by atoms with van der Waals surface area (Å²) < 4.78 is 0.878. The van der Waals surface area contributed by atoms with Crippen LogP contribution in [0.4, 0.5) is 5.69 Å². The number of hydrogen-bond acceptors (Lipinski definition) is 3. The van der Waals surface area contributed by atoms with Crippen LogP contribution in [-0.4, -0.2) is 24.1 Å². The molecule has 110 valence electrons. The molecule has 2 amide bonds. The monoisotopic (exact) mass is 358 g/mol. The molecule has 0 spiro atoms. The molecule has 0 radical (unpaired) electrons. The Morgan fingerprint density at radius 1 is 1.10 bits per heavy atom. The fourth-order valence-electron chi connectivity index (χ4n) is 1.65. The van der Waals surface area contributed by atoms with E-state index in [9.17, 15) is 9.59 Å². The Labute approximate surface area is 133 Å². The number of para-hydroxylation sites is 1. The smallest absolute Gasteiger partial charge is 0.229 e.